The largest absolute Gasteiger partial charge is 0.377 e. The Morgan fingerprint density at radius 2 is 2.12 bits per heavy atom. The minimum absolute atomic E-state index is 0.0118. The molecular formula is C20H27N3O2. The topological polar surface area (TPSA) is 62.4 Å². The van der Waals surface area contributed by atoms with Gasteiger partial charge in [0, 0.05) is 43.1 Å². The smallest absolute Gasteiger partial charge is 0.315 e. The van der Waals surface area contributed by atoms with Crippen LogP contribution >= 0.6 is 0 Å². The number of benzene rings is 1. The van der Waals surface area contributed by atoms with Crippen molar-refractivity contribution in [1.82, 2.24) is 16.0 Å². The molecule has 4 aliphatic rings. The van der Waals surface area contributed by atoms with Crippen molar-refractivity contribution in [3.63, 3.8) is 0 Å². The quantitative estimate of drug-likeness (QED) is 0.788. The second kappa shape index (κ2) is 5.99. The number of hydrogen-bond acceptors (Lipinski definition) is 3. The standard InChI is InChI=1S/C20H27N3O2/c24-19(22-12-15-10-13-4-1-2-5-14(13)11-21-15)23-17-16-6-9-25-18(16)20(17)7-3-8-20/h1-2,4-5,15-18,21H,3,6-12H2,(H2,22,23,24). The number of fused-ring (bicyclic) bond motifs is 3. The van der Waals surface area contributed by atoms with E-state index in [1.807, 2.05) is 0 Å². The first-order valence-electron chi connectivity index (χ1n) is 9.72. The Hall–Kier alpha value is -1.59. The molecule has 2 aliphatic carbocycles. The highest BCUT2D eigenvalue weighted by Crippen LogP contribution is 2.62. The van der Waals surface area contributed by atoms with Crippen LogP contribution < -0.4 is 16.0 Å². The van der Waals surface area contributed by atoms with E-state index < -0.39 is 0 Å². The van der Waals surface area contributed by atoms with E-state index in [1.165, 1.54) is 30.4 Å². The second-order valence-corrected chi connectivity index (χ2v) is 8.21. The SMILES string of the molecule is O=C(NCC1Cc2ccccc2CN1)NC1C2CCOC2C12CCC2. The summed E-state index contributed by atoms with van der Waals surface area (Å²) in [5, 5.41) is 9.90. The Morgan fingerprint density at radius 1 is 1.28 bits per heavy atom. The molecule has 3 fully saturated rings. The summed E-state index contributed by atoms with van der Waals surface area (Å²) in [6, 6.07) is 9.15. The zero-order valence-corrected chi connectivity index (χ0v) is 14.6. The summed E-state index contributed by atoms with van der Waals surface area (Å²) in [7, 11) is 0. The van der Waals surface area contributed by atoms with Crippen LogP contribution in [0.4, 0.5) is 4.79 Å². The third kappa shape index (κ3) is 2.48. The lowest BCUT2D eigenvalue weighted by Crippen LogP contribution is -2.72. The van der Waals surface area contributed by atoms with Gasteiger partial charge in [0.25, 0.3) is 0 Å². The maximum Gasteiger partial charge on any atom is 0.315 e. The fourth-order valence-corrected chi connectivity index (χ4v) is 5.53. The highest BCUT2D eigenvalue weighted by molar-refractivity contribution is 5.74. The van der Waals surface area contributed by atoms with Gasteiger partial charge in [-0.05, 0) is 36.8 Å². The highest BCUT2D eigenvalue weighted by atomic mass is 16.5. The summed E-state index contributed by atoms with van der Waals surface area (Å²) in [5.41, 5.74) is 3.02. The molecule has 25 heavy (non-hydrogen) atoms. The van der Waals surface area contributed by atoms with Crippen LogP contribution in [0.3, 0.4) is 0 Å². The summed E-state index contributed by atoms with van der Waals surface area (Å²) in [6.45, 7) is 2.42. The first-order valence-corrected chi connectivity index (χ1v) is 9.72. The van der Waals surface area contributed by atoms with Gasteiger partial charge < -0.3 is 20.7 Å². The van der Waals surface area contributed by atoms with Crippen LogP contribution in [0.5, 0.6) is 0 Å². The van der Waals surface area contributed by atoms with Crippen molar-refractivity contribution in [2.75, 3.05) is 13.2 Å². The van der Waals surface area contributed by atoms with Gasteiger partial charge in [-0.2, -0.15) is 0 Å². The monoisotopic (exact) mass is 341 g/mol. The number of amides is 2. The van der Waals surface area contributed by atoms with E-state index in [1.54, 1.807) is 0 Å². The Labute approximate surface area is 148 Å². The normalized spacial score (nSPS) is 34.4. The van der Waals surface area contributed by atoms with Crippen molar-refractivity contribution < 1.29 is 9.53 Å². The number of nitrogens with one attached hydrogen (secondary N) is 3. The molecule has 5 heteroatoms. The third-order valence-corrected chi connectivity index (χ3v) is 7.00. The minimum atomic E-state index is -0.0118. The molecule has 4 atom stereocenters. The third-order valence-electron chi connectivity index (χ3n) is 7.00. The Bertz CT molecular complexity index is 673. The number of ether oxygens (including phenoxy) is 1. The summed E-state index contributed by atoms with van der Waals surface area (Å²) in [5.74, 6) is 0.533. The first kappa shape index (κ1) is 15.6. The Kier molecular flexibility index (Phi) is 3.75. The van der Waals surface area contributed by atoms with Crippen LogP contribution in [0.25, 0.3) is 0 Å². The summed E-state index contributed by atoms with van der Waals surface area (Å²) in [4.78, 5) is 12.5. The molecule has 0 radical (unpaired) electrons. The van der Waals surface area contributed by atoms with Crippen LogP contribution in [0.1, 0.15) is 36.8 Å². The predicted octanol–water partition coefficient (Wildman–Crippen LogP) is 1.96. The molecule has 5 rings (SSSR count). The molecule has 1 aromatic rings. The maximum atomic E-state index is 12.5. The molecule has 2 saturated carbocycles. The molecule has 4 unspecified atom stereocenters. The summed E-state index contributed by atoms with van der Waals surface area (Å²) in [6.07, 6.45) is 6.17. The summed E-state index contributed by atoms with van der Waals surface area (Å²) >= 11 is 0. The van der Waals surface area contributed by atoms with Crippen LogP contribution in [0.2, 0.25) is 0 Å². The zero-order valence-electron chi connectivity index (χ0n) is 14.6. The summed E-state index contributed by atoms with van der Waals surface area (Å²) < 4.78 is 5.93. The van der Waals surface area contributed by atoms with Crippen LogP contribution in [-0.2, 0) is 17.7 Å². The van der Waals surface area contributed by atoms with Crippen LogP contribution in [0.15, 0.2) is 24.3 Å². The van der Waals surface area contributed by atoms with Crippen molar-refractivity contribution in [2.45, 2.75) is 56.8 Å². The molecule has 2 aliphatic heterocycles. The minimum Gasteiger partial charge on any atom is -0.377 e. The van der Waals surface area contributed by atoms with Crippen LogP contribution in [-0.4, -0.2) is 37.4 Å². The number of hydrogen-bond donors (Lipinski definition) is 3. The van der Waals surface area contributed by atoms with Gasteiger partial charge in [-0.25, -0.2) is 4.79 Å². The van der Waals surface area contributed by atoms with Crippen molar-refractivity contribution in [2.24, 2.45) is 11.3 Å². The fourth-order valence-electron chi connectivity index (χ4n) is 5.53. The van der Waals surface area contributed by atoms with Gasteiger partial charge in [0.05, 0.1) is 6.10 Å². The van der Waals surface area contributed by atoms with Gasteiger partial charge in [0.15, 0.2) is 0 Å². The molecule has 1 aromatic carbocycles. The lowest BCUT2D eigenvalue weighted by atomic mass is 9.46. The van der Waals surface area contributed by atoms with E-state index in [0.717, 1.165) is 26.0 Å². The van der Waals surface area contributed by atoms with E-state index in [0.29, 0.717) is 30.7 Å². The lowest BCUT2D eigenvalue weighted by molar-refractivity contribution is -0.172. The van der Waals surface area contributed by atoms with Gasteiger partial charge >= 0.3 is 6.03 Å². The Morgan fingerprint density at radius 3 is 2.92 bits per heavy atom. The van der Waals surface area contributed by atoms with Crippen LogP contribution in [0, 0.1) is 11.3 Å². The average Bonchev–Trinajstić information content (AvgIpc) is 3.01. The predicted molar refractivity (Wildman–Crippen MR) is 95.2 cm³/mol. The number of rotatable bonds is 3. The number of carbonyl (C=O) groups is 1. The van der Waals surface area contributed by atoms with E-state index >= 15 is 0 Å². The number of carbonyl (C=O) groups excluding carboxylic acids is 1. The molecule has 0 aromatic heterocycles. The zero-order chi connectivity index (χ0) is 16.9. The second-order valence-electron chi connectivity index (χ2n) is 8.21. The van der Waals surface area contributed by atoms with Gasteiger partial charge in [0.2, 0.25) is 0 Å². The Balaban J connectivity index is 1.14. The van der Waals surface area contributed by atoms with E-state index in [4.69, 9.17) is 4.74 Å². The molecule has 5 nitrogen and oxygen atoms in total. The number of urea groups is 1. The van der Waals surface area contributed by atoms with Gasteiger partial charge in [-0.15, -0.1) is 0 Å². The molecule has 0 bridgehead atoms. The van der Waals surface area contributed by atoms with Gasteiger partial charge in [-0.3, -0.25) is 0 Å². The maximum absolute atomic E-state index is 12.5. The molecule has 2 heterocycles. The van der Waals surface area contributed by atoms with E-state index in [-0.39, 0.29) is 11.4 Å². The van der Waals surface area contributed by atoms with E-state index in [9.17, 15) is 4.79 Å². The molecule has 1 saturated heterocycles. The average molecular weight is 341 g/mol. The van der Waals surface area contributed by atoms with Gasteiger partial charge in [0.1, 0.15) is 0 Å². The molecule has 3 N–H and O–H groups in total. The van der Waals surface area contributed by atoms with Crippen molar-refractivity contribution >= 4 is 6.03 Å². The highest BCUT2D eigenvalue weighted by Gasteiger charge is 2.66. The van der Waals surface area contributed by atoms with Gasteiger partial charge in [-0.1, -0.05) is 30.7 Å². The first-order chi connectivity index (χ1) is 12.3. The van der Waals surface area contributed by atoms with Crippen molar-refractivity contribution in [3.8, 4) is 0 Å². The molecule has 134 valence electrons. The molecular weight excluding hydrogens is 314 g/mol. The lowest BCUT2D eigenvalue weighted by Gasteiger charge is -2.63. The molecule has 1 spiro atoms. The fraction of sp³-hybridized carbons (Fsp3) is 0.650. The van der Waals surface area contributed by atoms with Crippen molar-refractivity contribution in [1.29, 1.82) is 0 Å². The van der Waals surface area contributed by atoms with Crippen molar-refractivity contribution in [3.05, 3.63) is 35.4 Å². The van der Waals surface area contributed by atoms with E-state index in [2.05, 4.69) is 40.2 Å². The molecule has 2 amide bonds.